The molecule has 1 aromatic rings. The number of alkyl halides is 2. The van der Waals surface area contributed by atoms with Crippen LogP contribution in [-0.2, 0) is 0 Å². The summed E-state index contributed by atoms with van der Waals surface area (Å²) in [7, 11) is 0. The predicted octanol–water partition coefficient (Wildman–Crippen LogP) is 1.55. The molecule has 0 amide bonds. The Morgan fingerprint density at radius 2 is 2.17 bits per heavy atom. The molecule has 0 bridgehead atoms. The molecule has 3 nitrogen and oxygen atoms in total. The van der Waals surface area contributed by atoms with Gasteiger partial charge in [0.2, 0.25) is 0 Å². The third-order valence-electron chi connectivity index (χ3n) is 1.28. The summed E-state index contributed by atoms with van der Waals surface area (Å²) >= 11 is 5.32. The first kappa shape index (κ1) is 8.99. The molecule has 0 spiro atoms. The molecular formula is C6H5ClF2N2O. The maximum Gasteiger partial charge on any atom is 0.280 e. The van der Waals surface area contributed by atoms with Crippen LogP contribution in [0, 0.1) is 0 Å². The molecule has 6 heteroatoms. The topological polar surface area (TPSA) is 58.9 Å². The highest BCUT2D eigenvalue weighted by Crippen LogP contribution is 2.22. The van der Waals surface area contributed by atoms with Gasteiger partial charge in [0.15, 0.2) is 0 Å². The predicted molar refractivity (Wildman–Crippen MR) is 41.4 cm³/mol. The van der Waals surface area contributed by atoms with Gasteiger partial charge in [-0.3, -0.25) is 4.79 Å². The number of hydrogen-bond donors (Lipinski definition) is 2. The zero-order valence-electron chi connectivity index (χ0n) is 5.77. The number of pyridine rings is 1. The standard InChI is InChI=1S/C6H5ClF2N2O/c7-2-1-3(10)4(5(8)9)11-6(2)12/h1,5H,10H2,(H,11,12). The van der Waals surface area contributed by atoms with Gasteiger partial charge in [-0.1, -0.05) is 11.6 Å². The molecule has 0 fully saturated rings. The Bertz CT molecular complexity index is 350. The van der Waals surface area contributed by atoms with Crippen molar-refractivity contribution < 1.29 is 8.78 Å². The maximum atomic E-state index is 12.0. The lowest BCUT2D eigenvalue weighted by Gasteiger charge is -2.03. The van der Waals surface area contributed by atoms with Gasteiger partial charge in [-0.05, 0) is 6.07 Å². The number of anilines is 1. The van der Waals surface area contributed by atoms with Crippen molar-refractivity contribution in [3.63, 3.8) is 0 Å². The van der Waals surface area contributed by atoms with Crippen molar-refractivity contribution in [2.45, 2.75) is 6.43 Å². The molecule has 1 heterocycles. The van der Waals surface area contributed by atoms with Gasteiger partial charge in [-0.15, -0.1) is 0 Å². The van der Waals surface area contributed by atoms with Gasteiger partial charge in [0.1, 0.15) is 10.7 Å². The zero-order chi connectivity index (χ0) is 9.30. The summed E-state index contributed by atoms with van der Waals surface area (Å²) in [6, 6.07) is 1.00. The van der Waals surface area contributed by atoms with Crippen molar-refractivity contribution in [3.8, 4) is 0 Å². The van der Waals surface area contributed by atoms with Gasteiger partial charge in [0.25, 0.3) is 12.0 Å². The third kappa shape index (κ3) is 1.55. The van der Waals surface area contributed by atoms with Crippen LogP contribution < -0.4 is 11.3 Å². The van der Waals surface area contributed by atoms with Crippen LogP contribution in [-0.4, -0.2) is 4.98 Å². The fourth-order valence-corrected chi connectivity index (χ4v) is 0.879. The smallest absolute Gasteiger partial charge is 0.280 e. The van der Waals surface area contributed by atoms with Crippen LogP contribution in [0.3, 0.4) is 0 Å². The summed E-state index contributed by atoms with van der Waals surface area (Å²) in [6.45, 7) is 0. The zero-order valence-corrected chi connectivity index (χ0v) is 6.53. The lowest BCUT2D eigenvalue weighted by molar-refractivity contribution is 0.147. The average Bonchev–Trinajstić information content (AvgIpc) is 1.96. The Labute approximate surface area is 71.2 Å². The number of halogens is 3. The average molecular weight is 195 g/mol. The Hall–Kier alpha value is -1.10. The van der Waals surface area contributed by atoms with E-state index < -0.39 is 17.7 Å². The molecule has 3 N–H and O–H groups in total. The first-order valence-electron chi connectivity index (χ1n) is 2.98. The SMILES string of the molecule is Nc1cc(Cl)c(=O)[nH]c1C(F)F. The van der Waals surface area contributed by atoms with Crippen molar-refractivity contribution in [3.05, 3.63) is 27.1 Å². The summed E-state index contributed by atoms with van der Waals surface area (Å²) in [5.74, 6) is 0. The van der Waals surface area contributed by atoms with Gasteiger partial charge in [0.05, 0.1) is 5.69 Å². The van der Waals surface area contributed by atoms with Crippen LogP contribution in [0.1, 0.15) is 12.1 Å². The first-order valence-corrected chi connectivity index (χ1v) is 3.36. The van der Waals surface area contributed by atoms with Crippen molar-refractivity contribution in [2.75, 3.05) is 5.73 Å². The molecule has 0 saturated carbocycles. The van der Waals surface area contributed by atoms with E-state index in [1.807, 2.05) is 4.98 Å². The number of aromatic nitrogens is 1. The van der Waals surface area contributed by atoms with E-state index in [2.05, 4.69) is 0 Å². The summed E-state index contributed by atoms with van der Waals surface area (Å²) < 4.78 is 24.1. The van der Waals surface area contributed by atoms with Crippen LogP contribution in [0.25, 0.3) is 0 Å². The van der Waals surface area contributed by atoms with Crippen LogP contribution in [0.15, 0.2) is 10.9 Å². The number of hydrogen-bond acceptors (Lipinski definition) is 2. The Morgan fingerprint density at radius 1 is 1.58 bits per heavy atom. The summed E-state index contributed by atoms with van der Waals surface area (Å²) in [6.07, 6.45) is -2.80. The summed E-state index contributed by atoms with van der Waals surface area (Å²) in [5, 5.41) is -0.197. The number of nitrogens with one attached hydrogen (secondary N) is 1. The van der Waals surface area contributed by atoms with Crippen LogP contribution in [0.5, 0.6) is 0 Å². The van der Waals surface area contributed by atoms with E-state index in [1.54, 1.807) is 0 Å². The highest BCUT2D eigenvalue weighted by Gasteiger charge is 2.13. The van der Waals surface area contributed by atoms with E-state index in [4.69, 9.17) is 17.3 Å². The fourth-order valence-electron chi connectivity index (χ4n) is 0.715. The van der Waals surface area contributed by atoms with Crippen LogP contribution in [0.4, 0.5) is 14.5 Å². The van der Waals surface area contributed by atoms with Crippen molar-refractivity contribution in [1.29, 1.82) is 0 Å². The third-order valence-corrected chi connectivity index (χ3v) is 1.56. The highest BCUT2D eigenvalue weighted by atomic mass is 35.5. The van der Waals surface area contributed by atoms with Gasteiger partial charge >= 0.3 is 0 Å². The largest absolute Gasteiger partial charge is 0.397 e. The second-order valence-electron chi connectivity index (χ2n) is 2.12. The number of nitrogens with two attached hydrogens (primary N) is 1. The van der Waals surface area contributed by atoms with Crippen LogP contribution in [0.2, 0.25) is 5.02 Å². The molecule has 1 rings (SSSR count). The molecule has 0 atom stereocenters. The van der Waals surface area contributed by atoms with Crippen molar-refractivity contribution in [2.24, 2.45) is 0 Å². The second kappa shape index (κ2) is 3.10. The van der Waals surface area contributed by atoms with E-state index in [-0.39, 0.29) is 10.7 Å². The minimum atomic E-state index is -2.80. The molecule has 0 radical (unpaired) electrons. The minimum Gasteiger partial charge on any atom is -0.397 e. The second-order valence-corrected chi connectivity index (χ2v) is 2.52. The molecule has 0 aromatic carbocycles. The van der Waals surface area contributed by atoms with Crippen molar-refractivity contribution in [1.82, 2.24) is 4.98 Å². The number of H-pyrrole nitrogens is 1. The number of aromatic amines is 1. The quantitative estimate of drug-likeness (QED) is 0.713. The molecule has 0 saturated heterocycles. The molecular weight excluding hydrogens is 190 g/mol. The number of rotatable bonds is 1. The van der Waals surface area contributed by atoms with Crippen molar-refractivity contribution >= 4 is 17.3 Å². The van der Waals surface area contributed by atoms with Gasteiger partial charge < -0.3 is 10.7 Å². The van der Waals surface area contributed by atoms with E-state index >= 15 is 0 Å². The van der Waals surface area contributed by atoms with E-state index in [9.17, 15) is 13.6 Å². The van der Waals surface area contributed by atoms with E-state index in [0.717, 1.165) is 6.07 Å². The molecule has 0 unspecified atom stereocenters. The Balaban J connectivity index is 3.33. The van der Waals surface area contributed by atoms with E-state index in [1.165, 1.54) is 0 Å². The molecule has 0 aliphatic carbocycles. The minimum absolute atomic E-state index is 0.197. The summed E-state index contributed by atoms with van der Waals surface area (Å²) in [5.41, 5.74) is 3.59. The van der Waals surface area contributed by atoms with Gasteiger partial charge in [-0.25, -0.2) is 8.78 Å². The molecule has 0 aliphatic heterocycles. The lowest BCUT2D eigenvalue weighted by Crippen LogP contribution is -2.12. The normalized spacial score (nSPS) is 10.7. The number of nitrogen functional groups attached to an aromatic ring is 1. The Kier molecular flexibility index (Phi) is 2.32. The Morgan fingerprint density at radius 3 is 2.67 bits per heavy atom. The monoisotopic (exact) mass is 194 g/mol. The summed E-state index contributed by atoms with van der Waals surface area (Å²) in [4.78, 5) is 12.6. The van der Waals surface area contributed by atoms with Gasteiger partial charge in [-0.2, -0.15) is 0 Å². The van der Waals surface area contributed by atoms with Crippen LogP contribution >= 0.6 is 11.6 Å². The van der Waals surface area contributed by atoms with Gasteiger partial charge in [0, 0.05) is 0 Å². The molecule has 0 aliphatic rings. The first-order chi connectivity index (χ1) is 5.52. The molecule has 12 heavy (non-hydrogen) atoms. The fraction of sp³-hybridized carbons (Fsp3) is 0.167. The highest BCUT2D eigenvalue weighted by molar-refractivity contribution is 6.30. The molecule has 1 aromatic heterocycles. The molecule has 66 valence electrons. The maximum absolute atomic E-state index is 12.0. The van der Waals surface area contributed by atoms with E-state index in [0.29, 0.717) is 0 Å². The lowest BCUT2D eigenvalue weighted by atomic mass is 10.3.